The van der Waals surface area contributed by atoms with Gasteiger partial charge in [0.25, 0.3) is 0 Å². The molecule has 0 unspecified atom stereocenters. The Bertz CT molecular complexity index is 79.1. The summed E-state index contributed by atoms with van der Waals surface area (Å²) in [5, 5.41) is 0. The van der Waals surface area contributed by atoms with E-state index in [2.05, 4.69) is 20.8 Å². The molecule has 0 radical (unpaired) electrons. The van der Waals surface area contributed by atoms with Gasteiger partial charge < -0.3 is 0 Å². The fourth-order valence-corrected chi connectivity index (χ4v) is 0.577. The third kappa shape index (κ3) is 43.3. The summed E-state index contributed by atoms with van der Waals surface area (Å²) in [6.45, 7) is 6.73. The minimum Gasteiger partial charge on any atom is -0.134 e. The summed E-state index contributed by atoms with van der Waals surface area (Å²) < 4.78 is 8.70. The highest BCUT2D eigenvalue weighted by Crippen LogP contribution is 2.00. The van der Waals surface area contributed by atoms with Crippen molar-refractivity contribution in [2.24, 2.45) is 5.92 Å². The van der Waals surface area contributed by atoms with Crippen molar-refractivity contribution in [3.8, 4) is 0 Å². The lowest BCUT2D eigenvalue weighted by molar-refractivity contribution is 0.405. The van der Waals surface area contributed by atoms with Crippen LogP contribution in [0, 0.1) is 5.92 Å². The first kappa shape index (κ1) is 12.7. The highest BCUT2D eigenvalue weighted by Gasteiger charge is 1.93. The molecule has 2 N–H and O–H groups in total. The van der Waals surface area contributed by atoms with E-state index in [1.54, 1.807) is 0 Å². The van der Waals surface area contributed by atoms with Crippen LogP contribution < -0.4 is 0 Å². The minimum absolute atomic E-state index is 0.898. The smallest absolute Gasteiger partial charge is 0.134 e. The van der Waals surface area contributed by atoms with Crippen LogP contribution in [0.4, 0.5) is 0 Å². The third-order valence-electron chi connectivity index (χ3n) is 0.866. The van der Waals surface area contributed by atoms with Crippen LogP contribution in [0.2, 0.25) is 0 Å². The summed E-state index contributed by atoms with van der Waals surface area (Å²) in [7, 11) is -2.87. The van der Waals surface area contributed by atoms with E-state index in [4.69, 9.17) is 14.4 Å². The van der Waals surface area contributed by atoms with E-state index in [0.29, 0.717) is 0 Å². The molecule has 0 aromatic carbocycles. The van der Waals surface area contributed by atoms with E-state index in [0.717, 1.165) is 5.92 Å². The maximum atomic E-state index is 8.70. The molecule has 0 saturated heterocycles. The average molecular weight is 167 g/mol. The van der Waals surface area contributed by atoms with Gasteiger partial charge in [-0.15, -0.1) is 9.79 Å². The Hall–Kier alpha value is 0.0200. The monoisotopic (exact) mass is 167 g/mol. The summed E-state index contributed by atoms with van der Waals surface area (Å²) in [5.41, 5.74) is 0. The molecule has 0 rings (SSSR count). The molecule has 0 aliphatic heterocycles. The molecule has 62 valence electrons. The van der Waals surface area contributed by atoms with E-state index in [1.165, 1.54) is 12.8 Å². The zero-order valence-corrected chi connectivity index (χ0v) is 7.64. The van der Waals surface area contributed by atoms with Gasteiger partial charge in [-0.1, -0.05) is 33.6 Å². The lowest BCUT2D eigenvalue weighted by Gasteiger charge is -1.95. The van der Waals surface area contributed by atoms with Crippen LogP contribution in [0.3, 0.4) is 0 Å². The second-order valence-corrected chi connectivity index (χ2v) is 2.94. The normalized spacial score (nSPS) is 8.60. The molecule has 0 fully saturated rings. The molecule has 0 bridgehead atoms. The Morgan fingerprint density at radius 1 is 1.40 bits per heavy atom. The Labute approximate surface area is 63.0 Å². The van der Waals surface area contributed by atoms with Crippen molar-refractivity contribution >= 4 is 8.25 Å². The van der Waals surface area contributed by atoms with Crippen molar-refractivity contribution < 1.29 is 14.4 Å². The zero-order valence-electron chi connectivity index (χ0n) is 6.74. The molecule has 0 amide bonds. The molecule has 3 nitrogen and oxygen atoms in total. The van der Waals surface area contributed by atoms with Crippen LogP contribution in [-0.4, -0.2) is 9.79 Å². The van der Waals surface area contributed by atoms with Crippen LogP contribution in [0.25, 0.3) is 0 Å². The van der Waals surface area contributed by atoms with Gasteiger partial charge in [-0.3, -0.25) is 0 Å². The largest absolute Gasteiger partial charge is 0.692 e. The van der Waals surface area contributed by atoms with Crippen molar-refractivity contribution in [3.63, 3.8) is 0 Å². The lowest BCUT2D eigenvalue weighted by atomic mass is 10.1. The van der Waals surface area contributed by atoms with Crippen LogP contribution in [0.15, 0.2) is 0 Å². The molecule has 0 heterocycles. The van der Waals surface area contributed by atoms with Gasteiger partial charge in [-0.05, 0) is 5.92 Å². The molecule has 0 aliphatic carbocycles. The van der Waals surface area contributed by atoms with E-state index in [9.17, 15) is 0 Å². The molecular weight excluding hydrogens is 151 g/mol. The van der Waals surface area contributed by atoms with Gasteiger partial charge in [0, 0.05) is 4.57 Å². The standard InChI is InChI=1S/C6H14.HO3P/c1-4-5-6(2)3;1-4(2)3/h6H,4-5H2,1-3H3;(H-,1,2,3)/p+1. The summed E-state index contributed by atoms with van der Waals surface area (Å²) in [6, 6.07) is 0. The number of hydrogen-bond donors (Lipinski definition) is 2. The van der Waals surface area contributed by atoms with Crippen LogP contribution in [0.5, 0.6) is 0 Å². The van der Waals surface area contributed by atoms with Gasteiger partial charge in [-0.25, -0.2) is 0 Å². The van der Waals surface area contributed by atoms with E-state index in [-0.39, 0.29) is 0 Å². The highest BCUT2D eigenvalue weighted by molar-refractivity contribution is 7.30. The first-order valence-electron chi connectivity index (χ1n) is 3.35. The molecule has 0 aromatic rings. The summed E-state index contributed by atoms with van der Waals surface area (Å²) in [4.78, 5) is 14.2. The van der Waals surface area contributed by atoms with Gasteiger partial charge in [0.05, 0.1) is 0 Å². The highest BCUT2D eigenvalue weighted by atomic mass is 31.1. The third-order valence-corrected chi connectivity index (χ3v) is 0.866. The van der Waals surface area contributed by atoms with Gasteiger partial charge in [0.1, 0.15) is 0 Å². The molecule has 0 aliphatic rings. The summed E-state index contributed by atoms with van der Waals surface area (Å²) in [6.07, 6.45) is 2.71. The average Bonchev–Trinajstić information content (AvgIpc) is 1.62. The van der Waals surface area contributed by atoms with E-state index >= 15 is 0 Å². The Morgan fingerprint density at radius 3 is 1.70 bits per heavy atom. The van der Waals surface area contributed by atoms with E-state index < -0.39 is 8.25 Å². The van der Waals surface area contributed by atoms with Crippen molar-refractivity contribution in [1.29, 1.82) is 0 Å². The summed E-state index contributed by atoms with van der Waals surface area (Å²) >= 11 is 0. The lowest BCUT2D eigenvalue weighted by Crippen LogP contribution is -1.81. The maximum absolute atomic E-state index is 8.70. The van der Waals surface area contributed by atoms with Gasteiger partial charge in [-0.2, -0.15) is 0 Å². The van der Waals surface area contributed by atoms with Crippen molar-refractivity contribution in [1.82, 2.24) is 0 Å². The van der Waals surface area contributed by atoms with Crippen LogP contribution in [-0.2, 0) is 4.57 Å². The second kappa shape index (κ2) is 9.02. The molecule has 10 heavy (non-hydrogen) atoms. The number of hydrogen-bond acceptors (Lipinski definition) is 1. The second-order valence-electron chi connectivity index (χ2n) is 2.44. The predicted molar refractivity (Wildman–Crippen MR) is 41.8 cm³/mol. The molecule has 4 heteroatoms. The molecule has 0 aromatic heterocycles. The van der Waals surface area contributed by atoms with Gasteiger partial charge >= 0.3 is 8.25 Å². The fourth-order valence-electron chi connectivity index (χ4n) is 0.577. The topological polar surface area (TPSA) is 57.5 Å². The number of rotatable bonds is 2. The first-order valence-corrected chi connectivity index (χ1v) is 4.52. The Morgan fingerprint density at radius 2 is 1.70 bits per heavy atom. The minimum atomic E-state index is -2.87. The van der Waals surface area contributed by atoms with Gasteiger partial charge in [0.15, 0.2) is 0 Å². The Kier molecular flexibility index (Phi) is 11.4. The van der Waals surface area contributed by atoms with Crippen LogP contribution in [0.1, 0.15) is 33.6 Å². The first-order chi connectivity index (χ1) is 4.50. The van der Waals surface area contributed by atoms with Crippen LogP contribution >= 0.6 is 8.25 Å². The fraction of sp³-hybridized carbons (Fsp3) is 1.00. The van der Waals surface area contributed by atoms with Gasteiger partial charge in [0.2, 0.25) is 0 Å². The Balaban J connectivity index is 0. The SMILES string of the molecule is CCCC(C)C.O=[P+](O)O. The molecule has 0 atom stereocenters. The van der Waals surface area contributed by atoms with E-state index in [1.807, 2.05) is 0 Å². The summed E-state index contributed by atoms with van der Waals surface area (Å²) in [5.74, 6) is 0.898. The van der Waals surface area contributed by atoms with Crippen molar-refractivity contribution in [3.05, 3.63) is 0 Å². The molecular formula is C6H16O3P+. The maximum Gasteiger partial charge on any atom is 0.692 e. The molecule has 0 saturated carbocycles. The van der Waals surface area contributed by atoms with Crippen molar-refractivity contribution in [2.45, 2.75) is 33.6 Å². The van der Waals surface area contributed by atoms with Crippen molar-refractivity contribution in [2.75, 3.05) is 0 Å². The zero-order chi connectivity index (χ0) is 8.57. The quantitative estimate of drug-likeness (QED) is 0.619. The predicted octanol–water partition coefficient (Wildman–Crippen LogP) is 2.07. The molecule has 0 spiro atoms.